The highest BCUT2D eigenvalue weighted by Gasteiger charge is 2.42. The largest absolute Gasteiger partial charge is 0.497 e. The fraction of sp³-hybridized carbons (Fsp3) is 0.286. The van der Waals surface area contributed by atoms with Crippen molar-refractivity contribution in [3.05, 3.63) is 77.9 Å². The number of methoxy groups -OCH3 is 2. The van der Waals surface area contributed by atoms with Gasteiger partial charge in [0.2, 0.25) is 18.6 Å². The van der Waals surface area contributed by atoms with Gasteiger partial charge in [-0.3, -0.25) is 9.59 Å². The summed E-state index contributed by atoms with van der Waals surface area (Å²) in [5, 5.41) is 3.07. The number of rotatable bonds is 7. The minimum Gasteiger partial charge on any atom is -0.497 e. The third-order valence-corrected chi connectivity index (χ3v) is 6.65. The molecule has 3 aromatic carbocycles. The summed E-state index contributed by atoms with van der Waals surface area (Å²) in [5.41, 5.74) is 2.39. The van der Waals surface area contributed by atoms with Crippen molar-refractivity contribution in [3.8, 4) is 23.0 Å². The highest BCUT2D eigenvalue weighted by Crippen LogP contribution is 2.43. The van der Waals surface area contributed by atoms with Crippen LogP contribution in [0.2, 0.25) is 0 Å². The lowest BCUT2D eigenvalue weighted by Crippen LogP contribution is -2.48. The van der Waals surface area contributed by atoms with Crippen molar-refractivity contribution in [2.75, 3.05) is 25.9 Å². The Balaban J connectivity index is 1.46. The van der Waals surface area contributed by atoms with Crippen molar-refractivity contribution >= 4 is 17.5 Å². The lowest BCUT2D eigenvalue weighted by molar-refractivity contribution is -0.129. The molecule has 2 atom stereocenters. The lowest BCUT2D eigenvalue weighted by atomic mass is 9.82. The molecule has 1 N–H and O–H groups in total. The first-order valence-corrected chi connectivity index (χ1v) is 11.8. The molecule has 36 heavy (non-hydrogen) atoms. The fourth-order valence-electron chi connectivity index (χ4n) is 4.85. The van der Waals surface area contributed by atoms with E-state index in [0.717, 1.165) is 11.1 Å². The lowest BCUT2D eigenvalue weighted by Gasteiger charge is -2.41. The maximum Gasteiger partial charge on any atom is 0.231 e. The number of hydrogen-bond donors (Lipinski definition) is 1. The monoisotopic (exact) mass is 488 g/mol. The van der Waals surface area contributed by atoms with E-state index in [1.165, 1.54) is 0 Å². The summed E-state index contributed by atoms with van der Waals surface area (Å²) in [6.45, 7) is 0.532. The quantitative estimate of drug-likeness (QED) is 0.536. The SMILES string of the molecule is COc1ccc(N2C(=O)CC[C@@H](C(=O)NCc3ccc4c(c3)OCO4)[C@@H]2c2ccccc2OC)cc1. The van der Waals surface area contributed by atoms with Crippen LogP contribution >= 0.6 is 0 Å². The summed E-state index contributed by atoms with van der Waals surface area (Å²) in [6.07, 6.45) is 0.695. The predicted octanol–water partition coefficient (Wildman–Crippen LogP) is 4.23. The summed E-state index contributed by atoms with van der Waals surface area (Å²) in [4.78, 5) is 28.6. The van der Waals surface area contributed by atoms with Crippen molar-refractivity contribution in [3.63, 3.8) is 0 Å². The van der Waals surface area contributed by atoms with Gasteiger partial charge in [-0.15, -0.1) is 0 Å². The van der Waals surface area contributed by atoms with E-state index in [2.05, 4.69) is 5.32 Å². The van der Waals surface area contributed by atoms with Crippen molar-refractivity contribution in [1.82, 2.24) is 5.32 Å². The van der Waals surface area contributed by atoms with Crippen molar-refractivity contribution in [1.29, 1.82) is 0 Å². The number of piperidine rings is 1. The average Bonchev–Trinajstić information content (AvgIpc) is 3.39. The van der Waals surface area contributed by atoms with Crippen LogP contribution in [0.4, 0.5) is 5.69 Å². The van der Waals surface area contributed by atoms with Crippen LogP contribution in [0, 0.1) is 5.92 Å². The minimum absolute atomic E-state index is 0.0455. The van der Waals surface area contributed by atoms with Crippen LogP contribution in [0.1, 0.15) is 30.0 Å². The minimum atomic E-state index is -0.535. The number of nitrogens with zero attached hydrogens (tertiary/aromatic N) is 1. The van der Waals surface area contributed by atoms with Gasteiger partial charge in [-0.05, 0) is 54.4 Å². The molecule has 0 saturated carbocycles. The van der Waals surface area contributed by atoms with E-state index in [1.807, 2.05) is 66.7 Å². The van der Waals surface area contributed by atoms with Crippen LogP contribution in [-0.4, -0.2) is 32.8 Å². The van der Waals surface area contributed by atoms with Crippen LogP contribution < -0.4 is 29.2 Å². The highest BCUT2D eigenvalue weighted by atomic mass is 16.7. The molecule has 5 rings (SSSR count). The molecule has 2 aliphatic heterocycles. The summed E-state index contributed by atoms with van der Waals surface area (Å²) in [7, 11) is 3.19. The number of anilines is 1. The first kappa shape index (κ1) is 23.5. The van der Waals surface area contributed by atoms with Gasteiger partial charge in [0.1, 0.15) is 11.5 Å². The second-order valence-corrected chi connectivity index (χ2v) is 8.70. The first-order chi connectivity index (χ1) is 17.6. The summed E-state index contributed by atoms with van der Waals surface area (Å²) >= 11 is 0. The van der Waals surface area contributed by atoms with Gasteiger partial charge in [0.25, 0.3) is 0 Å². The predicted molar refractivity (Wildman–Crippen MR) is 133 cm³/mol. The number of hydrogen-bond acceptors (Lipinski definition) is 6. The van der Waals surface area contributed by atoms with E-state index >= 15 is 0 Å². The van der Waals surface area contributed by atoms with Gasteiger partial charge in [0.05, 0.1) is 26.2 Å². The van der Waals surface area contributed by atoms with E-state index in [0.29, 0.717) is 41.7 Å². The molecular formula is C28H28N2O6. The Morgan fingerprint density at radius 1 is 1.00 bits per heavy atom. The Hall–Kier alpha value is -4.20. The third kappa shape index (κ3) is 4.54. The average molecular weight is 489 g/mol. The Morgan fingerprint density at radius 3 is 2.56 bits per heavy atom. The highest BCUT2D eigenvalue weighted by molar-refractivity contribution is 5.97. The van der Waals surface area contributed by atoms with E-state index in [9.17, 15) is 9.59 Å². The van der Waals surface area contributed by atoms with Crippen LogP contribution in [0.25, 0.3) is 0 Å². The molecular weight excluding hydrogens is 460 g/mol. The molecule has 0 bridgehead atoms. The molecule has 0 spiro atoms. The topological polar surface area (TPSA) is 86.3 Å². The van der Waals surface area contributed by atoms with Crippen LogP contribution in [0.3, 0.4) is 0 Å². The zero-order valence-corrected chi connectivity index (χ0v) is 20.2. The van der Waals surface area contributed by atoms with Gasteiger partial charge < -0.3 is 29.2 Å². The third-order valence-electron chi connectivity index (χ3n) is 6.65. The molecule has 0 unspecified atom stereocenters. The zero-order chi connectivity index (χ0) is 25.1. The molecule has 0 aliphatic carbocycles. The number of ether oxygens (including phenoxy) is 4. The Kier molecular flexibility index (Phi) is 6.66. The first-order valence-electron chi connectivity index (χ1n) is 11.8. The molecule has 2 heterocycles. The van der Waals surface area contributed by atoms with E-state index in [-0.39, 0.29) is 25.0 Å². The van der Waals surface area contributed by atoms with Gasteiger partial charge in [-0.1, -0.05) is 24.3 Å². The van der Waals surface area contributed by atoms with Crippen LogP contribution in [0.5, 0.6) is 23.0 Å². The molecule has 186 valence electrons. The standard InChI is InChI=1S/C28H28N2O6/c1-33-20-10-8-19(9-11-20)30-26(31)14-12-22(27(30)21-5-3-4-6-23(21)34-2)28(32)29-16-18-7-13-24-25(15-18)36-17-35-24/h3-11,13,15,22,27H,12,14,16-17H2,1-2H3,(H,29,32)/t22-,27+/m1/s1. The summed E-state index contributed by atoms with van der Waals surface area (Å²) in [5.74, 6) is 2.03. The van der Waals surface area contributed by atoms with Crippen LogP contribution in [0.15, 0.2) is 66.7 Å². The van der Waals surface area contributed by atoms with E-state index in [1.54, 1.807) is 19.1 Å². The zero-order valence-electron chi connectivity index (χ0n) is 20.2. The van der Waals surface area contributed by atoms with Crippen molar-refractivity contribution in [2.24, 2.45) is 5.92 Å². The Bertz CT molecular complexity index is 1260. The second-order valence-electron chi connectivity index (χ2n) is 8.70. The van der Waals surface area contributed by atoms with Crippen molar-refractivity contribution < 1.29 is 28.5 Å². The maximum absolute atomic E-state index is 13.6. The smallest absolute Gasteiger partial charge is 0.231 e. The molecule has 8 heteroatoms. The molecule has 2 amide bonds. The summed E-state index contributed by atoms with van der Waals surface area (Å²) < 4.78 is 21.8. The van der Waals surface area contributed by atoms with Crippen molar-refractivity contribution in [2.45, 2.75) is 25.4 Å². The van der Waals surface area contributed by atoms with Gasteiger partial charge >= 0.3 is 0 Å². The molecule has 1 saturated heterocycles. The molecule has 0 radical (unpaired) electrons. The van der Waals surface area contributed by atoms with Gasteiger partial charge in [0.15, 0.2) is 11.5 Å². The van der Waals surface area contributed by atoms with Gasteiger partial charge in [-0.25, -0.2) is 0 Å². The number of benzene rings is 3. The van der Waals surface area contributed by atoms with Gasteiger partial charge in [0, 0.05) is 24.2 Å². The molecule has 2 aliphatic rings. The molecule has 8 nitrogen and oxygen atoms in total. The Morgan fingerprint density at radius 2 is 1.78 bits per heavy atom. The molecule has 3 aromatic rings. The second kappa shape index (κ2) is 10.2. The number of carbonyl (C=O) groups is 2. The number of carbonyl (C=O) groups excluding carboxylic acids is 2. The van der Waals surface area contributed by atoms with Crippen LogP contribution in [-0.2, 0) is 16.1 Å². The van der Waals surface area contributed by atoms with E-state index in [4.69, 9.17) is 18.9 Å². The molecule has 0 aromatic heterocycles. The molecule has 1 fully saturated rings. The number of para-hydroxylation sites is 1. The fourth-order valence-corrected chi connectivity index (χ4v) is 4.85. The number of nitrogens with one attached hydrogen (secondary N) is 1. The summed E-state index contributed by atoms with van der Waals surface area (Å²) in [6, 6.07) is 19.9. The van der Waals surface area contributed by atoms with Gasteiger partial charge in [-0.2, -0.15) is 0 Å². The van der Waals surface area contributed by atoms with E-state index < -0.39 is 12.0 Å². The normalized spacial score (nSPS) is 18.6. The Labute approximate surface area is 209 Å². The number of fused-ring (bicyclic) bond motifs is 1. The number of amides is 2. The maximum atomic E-state index is 13.6.